The van der Waals surface area contributed by atoms with Crippen molar-refractivity contribution in [2.45, 2.75) is 33.2 Å². The molecule has 1 heterocycles. The van der Waals surface area contributed by atoms with Crippen molar-refractivity contribution in [2.24, 2.45) is 0 Å². The Hall–Kier alpha value is -1.05. The molecule has 0 saturated carbocycles. The van der Waals surface area contributed by atoms with Crippen LogP contribution >= 0.6 is 0 Å². The Kier molecular flexibility index (Phi) is 3.09. The second-order valence-corrected chi connectivity index (χ2v) is 2.99. The molecule has 12 heavy (non-hydrogen) atoms. The van der Waals surface area contributed by atoms with Gasteiger partial charge in [0, 0.05) is 24.9 Å². The number of carbonyl (C=O) groups excluding carboxylic acids is 1. The third kappa shape index (κ3) is 2.22. The maximum absolute atomic E-state index is 10.7. The van der Waals surface area contributed by atoms with E-state index in [0.717, 1.165) is 13.0 Å². The van der Waals surface area contributed by atoms with Crippen LogP contribution in [0.3, 0.4) is 0 Å². The van der Waals surface area contributed by atoms with E-state index in [2.05, 4.69) is 23.8 Å². The van der Waals surface area contributed by atoms with Gasteiger partial charge >= 0.3 is 0 Å². The maximum Gasteiger partial charge on any atom is 0.130 e. The van der Waals surface area contributed by atoms with E-state index in [0.29, 0.717) is 6.42 Å². The van der Waals surface area contributed by atoms with Gasteiger partial charge in [0.2, 0.25) is 0 Å². The van der Waals surface area contributed by atoms with Crippen LogP contribution in [0.1, 0.15) is 26.0 Å². The summed E-state index contributed by atoms with van der Waals surface area (Å²) in [6.07, 6.45) is 3.58. The van der Waals surface area contributed by atoms with Gasteiger partial charge in [-0.2, -0.15) is 0 Å². The van der Waals surface area contributed by atoms with E-state index >= 15 is 0 Å². The van der Waals surface area contributed by atoms with Gasteiger partial charge in [0.25, 0.3) is 0 Å². The zero-order valence-electron chi connectivity index (χ0n) is 7.71. The highest BCUT2D eigenvalue weighted by molar-refractivity contribution is 5.75. The van der Waals surface area contributed by atoms with Gasteiger partial charge in [0.05, 0.1) is 0 Å². The first-order valence-electron chi connectivity index (χ1n) is 4.37. The lowest BCUT2D eigenvalue weighted by Crippen LogP contribution is -2.01. The van der Waals surface area contributed by atoms with E-state index in [1.165, 1.54) is 5.69 Å². The molecular weight excluding hydrogens is 150 g/mol. The van der Waals surface area contributed by atoms with Crippen LogP contribution in [0.4, 0.5) is 0 Å². The maximum atomic E-state index is 10.7. The standard InChI is InChI=1S/C10H15NO/c1-3-11-8-4-5-10(11)7-6-9(2)12/h4-5,8H,3,6-7H2,1-2H3. The van der Waals surface area contributed by atoms with Crippen LogP contribution in [0.25, 0.3) is 0 Å². The summed E-state index contributed by atoms with van der Waals surface area (Å²) in [6.45, 7) is 4.73. The van der Waals surface area contributed by atoms with E-state index in [-0.39, 0.29) is 5.78 Å². The fraction of sp³-hybridized carbons (Fsp3) is 0.500. The number of hydrogen-bond donors (Lipinski definition) is 0. The first kappa shape index (κ1) is 9.04. The zero-order chi connectivity index (χ0) is 8.97. The van der Waals surface area contributed by atoms with E-state index in [4.69, 9.17) is 0 Å². The highest BCUT2D eigenvalue weighted by Gasteiger charge is 2.00. The Morgan fingerprint density at radius 3 is 2.92 bits per heavy atom. The van der Waals surface area contributed by atoms with E-state index in [1.807, 2.05) is 6.07 Å². The largest absolute Gasteiger partial charge is 0.352 e. The van der Waals surface area contributed by atoms with Crippen LogP contribution in [0, 0.1) is 0 Å². The summed E-state index contributed by atoms with van der Waals surface area (Å²) in [6, 6.07) is 4.10. The summed E-state index contributed by atoms with van der Waals surface area (Å²) in [5.74, 6) is 0.263. The van der Waals surface area contributed by atoms with Crippen molar-refractivity contribution < 1.29 is 4.79 Å². The van der Waals surface area contributed by atoms with Crippen molar-refractivity contribution in [1.82, 2.24) is 4.57 Å². The second kappa shape index (κ2) is 4.10. The number of aromatic nitrogens is 1. The average molecular weight is 165 g/mol. The molecule has 1 aromatic heterocycles. The monoisotopic (exact) mass is 165 g/mol. The van der Waals surface area contributed by atoms with Crippen molar-refractivity contribution in [3.05, 3.63) is 24.0 Å². The molecule has 0 amide bonds. The number of aryl methyl sites for hydroxylation is 2. The molecule has 0 atom stereocenters. The smallest absolute Gasteiger partial charge is 0.130 e. The SMILES string of the molecule is CCn1cccc1CCC(C)=O. The van der Waals surface area contributed by atoms with Gasteiger partial charge in [-0.3, -0.25) is 0 Å². The van der Waals surface area contributed by atoms with E-state index in [9.17, 15) is 4.79 Å². The van der Waals surface area contributed by atoms with Gasteiger partial charge < -0.3 is 9.36 Å². The summed E-state index contributed by atoms with van der Waals surface area (Å²) in [5, 5.41) is 0. The minimum absolute atomic E-state index is 0.263. The highest BCUT2D eigenvalue weighted by Crippen LogP contribution is 2.05. The summed E-state index contributed by atoms with van der Waals surface area (Å²) in [5.41, 5.74) is 1.26. The van der Waals surface area contributed by atoms with Gasteiger partial charge in [-0.05, 0) is 32.4 Å². The molecule has 0 radical (unpaired) electrons. The van der Waals surface area contributed by atoms with Crippen molar-refractivity contribution in [1.29, 1.82) is 0 Å². The molecule has 0 aliphatic rings. The van der Waals surface area contributed by atoms with Gasteiger partial charge in [-0.25, -0.2) is 0 Å². The lowest BCUT2D eigenvalue weighted by atomic mass is 10.2. The molecule has 0 saturated heterocycles. The second-order valence-electron chi connectivity index (χ2n) is 2.99. The molecule has 1 rings (SSSR count). The lowest BCUT2D eigenvalue weighted by Gasteiger charge is -2.03. The molecule has 2 nitrogen and oxygen atoms in total. The first-order valence-corrected chi connectivity index (χ1v) is 4.37. The summed E-state index contributed by atoms with van der Waals surface area (Å²) in [7, 11) is 0. The lowest BCUT2D eigenvalue weighted by molar-refractivity contribution is -0.117. The molecule has 0 aromatic carbocycles. The topological polar surface area (TPSA) is 22.0 Å². The van der Waals surface area contributed by atoms with Gasteiger partial charge in [-0.1, -0.05) is 0 Å². The Balaban J connectivity index is 2.56. The normalized spacial score (nSPS) is 10.2. The molecule has 0 unspecified atom stereocenters. The Morgan fingerprint density at radius 1 is 1.58 bits per heavy atom. The molecule has 0 aliphatic carbocycles. The number of carbonyl (C=O) groups is 1. The Bertz CT molecular complexity index is 263. The van der Waals surface area contributed by atoms with Crippen LogP contribution in [0.2, 0.25) is 0 Å². The molecule has 0 spiro atoms. The van der Waals surface area contributed by atoms with Crippen molar-refractivity contribution in [3.8, 4) is 0 Å². The van der Waals surface area contributed by atoms with Crippen molar-refractivity contribution in [3.63, 3.8) is 0 Å². The van der Waals surface area contributed by atoms with Crippen LogP contribution in [-0.4, -0.2) is 10.4 Å². The number of ketones is 1. The predicted octanol–water partition coefficient (Wildman–Crippen LogP) is 2.03. The third-order valence-corrected chi connectivity index (χ3v) is 2.00. The molecule has 0 fully saturated rings. The first-order chi connectivity index (χ1) is 5.74. The van der Waals surface area contributed by atoms with Crippen molar-refractivity contribution >= 4 is 5.78 Å². The quantitative estimate of drug-likeness (QED) is 0.669. The molecule has 66 valence electrons. The average Bonchev–Trinajstić information content (AvgIpc) is 2.47. The summed E-state index contributed by atoms with van der Waals surface area (Å²) >= 11 is 0. The fourth-order valence-electron chi connectivity index (χ4n) is 1.29. The molecule has 2 heteroatoms. The molecule has 0 aliphatic heterocycles. The minimum atomic E-state index is 0.263. The van der Waals surface area contributed by atoms with Crippen LogP contribution < -0.4 is 0 Å². The predicted molar refractivity (Wildman–Crippen MR) is 49.1 cm³/mol. The highest BCUT2D eigenvalue weighted by atomic mass is 16.1. The molecule has 1 aromatic rings. The Labute approximate surface area is 73.2 Å². The zero-order valence-corrected chi connectivity index (χ0v) is 7.71. The molecule has 0 bridgehead atoms. The number of nitrogens with zero attached hydrogens (tertiary/aromatic N) is 1. The minimum Gasteiger partial charge on any atom is -0.352 e. The summed E-state index contributed by atoms with van der Waals surface area (Å²) in [4.78, 5) is 10.7. The van der Waals surface area contributed by atoms with Gasteiger partial charge in [-0.15, -0.1) is 0 Å². The van der Waals surface area contributed by atoms with Crippen molar-refractivity contribution in [2.75, 3.05) is 0 Å². The Morgan fingerprint density at radius 2 is 2.33 bits per heavy atom. The van der Waals surface area contributed by atoms with Crippen LogP contribution in [0.5, 0.6) is 0 Å². The van der Waals surface area contributed by atoms with Gasteiger partial charge in [0.1, 0.15) is 5.78 Å². The number of hydrogen-bond acceptors (Lipinski definition) is 1. The number of rotatable bonds is 4. The molecular formula is C10H15NO. The van der Waals surface area contributed by atoms with Crippen LogP contribution in [0.15, 0.2) is 18.3 Å². The number of Topliss-reactive ketones (excluding diaryl/α,β-unsaturated/α-hetero) is 1. The summed E-state index contributed by atoms with van der Waals surface area (Å²) < 4.78 is 2.17. The third-order valence-electron chi connectivity index (χ3n) is 2.00. The molecule has 0 N–H and O–H groups in total. The van der Waals surface area contributed by atoms with E-state index < -0.39 is 0 Å². The fourth-order valence-corrected chi connectivity index (χ4v) is 1.29. The van der Waals surface area contributed by atoms with Gasteiger partial charge in [0.15, 0.2) is 0 Å². The van der Waals surface area contributed by atoms with Crippen LogP contribution in [-0.2, 0) is 17.8 Å². The van der Waals surface area contributed by atoms with E-state index in [1.54, 1.807) is 6.92 Å².